The van der Waals surface area contributed by atoms with E-state index in [2.05, 4.69) is 14.7 Å². The Bertz CT molecular complexity index is 1470. The summed E-state index contributed by atoms with van der Waals surface area (Å²) in [6, 6.07) is 11.4. The zero-order valence-corrected chi connectivity index (χ0v) is 21.2. The average molecular weight is 557 g/mol. The Morgan fingerprint density at radius 3 is 2.40 bits per heavy atom. The molecule has 35 heavy (non-hydrogen) atoms. The molecule has 0 unspecified atom stereocenters. The van der Waals surface area contributed by atoms with Crippen molar-refractivity contribution in [2.45, 2.75) is 16.4 Å². The number of hydrogen-bond acceptors (Lipinski definition) is 9. The van der Waals surface area contributed by atoms with Crippen molar-refractivity contribution >= 4 is 49.0 Å². The van der Waals surface area contributed by atoms with Gasteiger partial charge in [0, 0.05) is 6.20 Å². The predicted molar refractivity (Wildman–Crippen MR) is 129 cm³/mol. The number of nitriles is 1. The molecule has 0 amide bonds. The third-order valence-corrected chi connectivity index (χ3v) is 7.02. The first kappa shape index (κ1) is 26.5. The van der Waals surface area contributed by atoms with Gasteiger partial charge in [-0.2, -0.15) is 5.26 Å². The Kier molecular flexibility index (Phi) is 8.39. The highest BCUT2D eigenvalue weighted by molar-refractivity contribution is 7.92. The number of nitrogens with one attached hydrogen (secondary N) is 1. The average Bonchev–Trinajstić information content (AvgIpc) is 2.81. The molecular weight excluding hydrogens is 539 g/mol. The third-order valence-electron chi connectivity index (χ3n) is 4.28. The minimum absolute atomic E-state index is 0.0159. The Morgan fingerprint density at radius 1 is 1.06 bits per heavy atom. The van der Waals surface area contributed by atoms with Crippen molar-refractivity contribution in [2.75, 3.05) is 23.5 Å². The van der Waals surface area contributed by atoms with Gasteiger partial charge in [-0.05, 0) is 42.5 Å². The number of nitrogens with zero attached hydrogens (tertiary/aromatic N) is 3. The first-order chi connectivity index (χ1) is 16.5. The number of rotatable bonds is 10. The normalized spacial score (nSPS) is 11.5. The van der Waals surface area contributed by atoms with Gasteiger partial charge >= 0.3 is 0 Å². The summed E-state index contributed by atoms with van der Waals surface area (Å²) in [4.78, 5) is 7.65. The van der Waals surface area contributed by atoms with Crippen molar-refractivity contribution in [1.29, 1.82) is 5.26 Å². The Hall–Kier alpha value is -3.11. The van der Waals surface area contributed by atoms with E-state index in [1.54, 1.807) is 6.07 Å². The van der Waals surface area contributed by atoms with Gasteiger partial charge in [-0.25, -0.2) is 26.8 Å². The number of hydrogen-bond donors (Lipinski definition) is 1. The van der Waals surface area contributed by atoms with Gasteiger partial charge in [-0.15, -0.1) is 11.6 Å². The largest absolute Gasteiger partial charge is 0.489 e. The van der Waals surface area contributed by atoms with Crippen LogP contribution in [0.3, 0.4) is 0 Å². The summed E-state index contributed by atoms with van der Waals surface area (Å²) >= 11 is 11.8. The number of benzene rings is 2. The van der Waals surface area contributed by atoms with Gasteiger partial charge in [0.2, 0.25) is 25.8 Å². The summed E-state index contributed by atoms with van der Waals surface area (Å²) in [7, 11) is -7.52. The van der Waals surface area contributed by atoms with E-state index in [0.29, 0.717) is 11.4 Å². The minimum atomic E-state index is -4.00. The van der Waals surface area contributed by atoms with Crippen molar-refractivity contribution in [2.24, 2.45) is 0 Å². The third kappa shape index (κ3) is 6.95. The monoisotopic (exact) mass is 556 g/mol. The molecule has 3 rings (SSSR count). The maximum absolute atomic E-state index is 13.1. The summed E-state index contributed by atoms with van der Waals surface area (Å²) in [5.41, 5.74) is 0.369. The van der Waals surface area contributed by atoms with Crippen LogP contribution in [0.25, 0.3) is 0 Å². The molecule has 0 aliphatic rings. The first-order valence-corrected chi connectivity index (χ1v) is 14.0. The van der Waals surface area contributed by atoms with Crippen LogP contribution in [0.2, 0.25) is 5.02 Å². The van der Waals surface area contributed by atoms with Crippen LogP contribution in [0, 0.1) is 11.3 Å². The highest BCUT2D eigenvalue weighted by Crippen LogP contribution is 2.34. The molecule has 0 fully saturated rings. The second-order valence-corrected chi connectivity index (χ2v) is 11.4. The molecule has 0 bridgehead atoms. The standard InChI is InChI=1S/C21H18Cl2N4O6S2/c1-34(28,29)27-21-25-8-6-15(26-21)13-33-16-2-4-17(5-3-16)35(30,31)18-10-14(12-24)20(19(23)11-18)32-9-7-22/h2-6,8,10-11H,7,9,13H2,1H3,(H,25,26,27). The van der Waals surface area contributed by atoms with Crippen LogP contribution in [-0.4, -0.2) is 45.5 Å². The van der Waals surface area contributed by atoms with Gasteiger partial charge in [0.15, 0.2) is 5.75 Å². The van der Waals surface area contributed by atoms with E-state index in [1.807, 2.05) is 6.07 Å². The SMILES string of the molecule is CS(=O)(=O)Nc1nccc(COc2ccc(S(=O)(=O)c3cc(Cl)c(OCCCl)c(C#N)c3)cc2)n1. The van der Waals surface area contributed by atoms with E-state index >= 15 is 0 Å². The Balaban J connectivity index is 1.77. The van der Waals surface area contributed by atoms with Crippen LogP contribution in [0.1, 0.15) is 11.3 Å². The van der Waals surface area contributed by atoms with E-state index in [9.17, 15) is 22.1 Å². The lowest BCUT2D eigenvalue weighted by atomic mass is 10.2. The lowest BCUT2D eigenvalue weighted by Crippen LogP contribution is -2.13. The number of sulfone groups is 1. The number of sulfonamides is 1. The highest BCUT2D eigenvalue weighted by atomic mass is 35.5. The molecule has 184 valence electrons. The molecule has 1 heterocycles. The number of anilines is 1. The Labute approximate surface area is 212 Å². The van der Waals surface area contributed by atoms with Gasteiger partial charge in [0.1, 0.15) is 25.0 Å². The maximum Gasteiger partial charge on any atom is 0.236 e. The molecule has 10 nitrogen and oxygen atoms in total. The van der Waals surface area contributed by atoms with Crippen LogP contribution in [0.4, 0.5) is 5.95 Å². The van der Waals surface area contributed by atoms with E-state index < -0.39 is 19.9 Å². The summed E-state index contributed by atoms with van der Waals surface area (Å²) in [6.07, 6.45) is 2.36. The molecule has 0 saturated carbocycles. The summed E-state index contributed by atoms with van der Waals surface area (Å²) in [6.45, 7) is 0.0893. The molecule has 3 aromatic rings. The lowest BCUT2D eigenvalue weighted by Gasteiger charge is -2.12. The quantitative estimate of drug-likeness (QED) is 0.370. The van der Waals surface area contributed by atoms with Gasteiger partial charge in [0.05, 0.1) is 38.2 Å². The van der Waals surface area contributed by atoms with Gasteiger partial charge in [-0.3, -0.25) is 4.72 Å². The molecule has 0 aliphatic carbocycles. The Morgan fingerprint density at radius 2 is 1.77 bits per heavy atom. The molecule has 0 saturated heterocycles. The number of ether oxygens (including phenoxy) is 2. The van der Waals surface area contributed by atoms with Crippen LogP contribution in [0.5, 0.6) is 11.5 Å². The zero-order valence-electron chi connectivity index (χ0n) is 18.1. The van der Waals surface area contributed by atoms with Crippen molar-refractivity contribution < 1.29 is 26.3 Å². The number of halogens is 2. The summed E-state index contributed by atoms with van der Waals surface area (Å²) in [5.74, 6) is 0.494. The molecule has 0 spiro atoms. The van der Waals surface area contributed by atoms with Crippen LogP contribution < -0.4 is 14.2 Å². The molecular formula is C21H18Cl2N4O6S2. The topological polar surface area (TPSA) is 148 Å². The summed E-state index contributed by atoms with van der Waals surface area (Å²) < 4.78 is 61.9. The van der Waals surface area contributed by atoms with Gasteiger partial charge < -0.3 is 9.47 Å². The predicted octanol–water partition coefficient (Wildman–Crippen LogP) is 3.40. The first-order valence-electron chi connectivity index (χ1n) is 9.73. The van der Waals surface area contributed by atoms with Crippen LogP contribution >= 0.6 is 23.2 Å². The van der Waals surface area contributed by atoms with E-state index in [1.165, 1.54) is 42.6 Å². The second-order valence-electron chi connectivity index (χ2n) is 6.94. The molecule has 0 aliphatic heterocycles. The van der Waals surface area contributed by atoms with Gasteiger partial charge in [-0.1, -0.05) is 11.6 Å². The number of alkyl halides is 1. The van der Waals surface area contributed by atoms with Crippen molar-refractivity contribution in [3.63, 3.8) is 0 Å². The van der Waals surface area contributed by atoms with Crippen molar-refractivity contribution in [3.8, 4) is 17.6 Å². The zero-order chi connectivity index (χ0) is 25.6. The molecule has 1 N–H and O–H groups in total. The molecule has 0 atom stereocenters. The highest BCUT2D eigenvalue weighted by Gasteiger charge is 2.22. The van der Waals surface area contributed by atoms with Crippen molar-refractivity contribution in [3.05, 3.63) is 64.9 Å². The van der Waals surface area contributed by atoms with Crippen molar-refractivity contribution in [1.82, 2.24) is 9.97 Å². The number of aromatic nitrogens is 2. The van der Waals surface area contributed by atoms with Crippen LogP contribution in [0.15, 0.2) is 58.5 Å². The lowest BCUT2D eigenvalue weighted by molar-refractivity contribution is 0.301. The molecule has 2 aromatic carbocycles. The van der Waals surface area contributed by atoms with E-state index in [0.717, 1.165) is 6.26 Å². The van der Waals surface area contributed by atoms with E-state index in [4.69, 9.17) is 32.7 Å². The van der Waals surface area contributed by atoms with Crippen LogP contribution in [-0.2, 0) is 26.5 Å². The summed E-state index contributed by atoms with van der Waals surface area (Å²) in [5, 5.41) is 9.36. The second kappa shape index (κ2) is 11.1. The smallest absolute Gasteiger partial charge is 0.236 e. The molecule has 0 radical (unpaired) electrons. The molecule has 1 aromatic heterocycles. The fourth-order valence-electron chi connectivity index (χ4n) is 2.79. The van der Waals surface area contributed by atoms with E-state index in [-0.39, 0.29) is 51.2 Å². The fraction of sp³-hybridized carbons (Fsp3) is 0.190. The maximum atomic E-state index is 13.1. The fourth-order valence-corrected chi connectivity index (χ4v) is 4.95. The van der Waals surface area contributed by atoms with Gasteiger partial charge in [0.25, 0.3) is 0 Å². The molecule has 14 heteroatoms. The minimum Gasteiger partial charge on any atom is -0.489 e.